The fourth-order valence-electron chi connectivity index (χ4n) is 2.44. The Balaban J connectivity index is 1.97. The lowest BCUT2D eigenvalue weighted by atomic mass is 10.1. The van der Waals surface area contributed by atoms with Gasteiger partial charge in [-0.25, -0.2) is 0 Å². The first-order valence-electron chi connectivity index (χ1n) is 8.50. The highest BCUT2D eigenvalue weighted by molar-refractivity contribution is 7.80. The summed E-state index contributed by atoms with van der Waals surface area (Å²) in [6.07, 6.45) is 0. The predicted molar refractivity (Wildman–Crippen MR) is 111 cm³/mol. The molecule has 0 spiro atoms. The Morgan fingerprint density at radius 3 is 2.42 bits per heavy atom. The van der Waals surface area contributed by atoms with E-state index in [1.165, 1.54) is 0 Å². The van der Waals surface area contributed by atoms with E-state index in [1.807, 2.05) is 37.8 Å². The molecular weight excluding hydrogens is 346 g/mol. The monoisotopic (exact) mass is 371 g/mol. The van der Waals surface area contributed by atoms with Gasteiger partial charge in [-0.2, -0.15) is 0 Å². The number of rotatable bonds is 6. The second-order valence-corrected chi connectivity index (χ2v) is 6.43. The average molecular weight is 372 g/mol. The van der Waals surface area contributed by atoms with Crippen LogP contribution in [-0.4, -0.2) is 36.1 Å². The summed E-state index contributed by atoms with van der Waals surface area (Å²) >= 11 is 5.49. The summed E-state index contributed by atoms with van der Waals surface area (Å²) in [4.78, 5) is 14.2. The van der Waals surface area contributed by atoms with Crippen LogP contribution in [0, 0.1) is 13.8 Å². The molecule has 2 rings (SSSR count). The van der Waals surface area contributed by atoms with Crippen LogP contribution in [0.1, 0.15) is 18.1 Å². The molecule has 0 bridgehead atoms. The van der Waals surface area contributed by atoms with Crippen LogP contribution in [0.2, 0.25) is 0 Å². The summed E-state index contributed by atoms with van der Waals surface area (Å²) in [5.74, 6) is 0.624. The molecule has 6 heteroatoms. The van der Waals surface area contributed by atoms with Crippen molar-refractivity contribution < 1.29 is 9.53 Å². The van der Waals surface area contributed by atoms with E-state index in [0.717, 1.165) is 28.3 Å². The summed E-state index contributed by atoms with van der Waals surface area (Å²) in [6.45, 7) is 6.84. The Labute approximate surface area is 160 Å². The highest BCUT2D eigenvalue weighted by Gasteiger charge is 2.13. The first kappa shape index (κ1) is 19.7. The normalized spacial score (nSPS) is 10.2. The Morgan fingerprint density at radius 2 is 1.81 bits per heavy atom. The number of hydrogen-bond donors (Lipinski definition) is 2. The van der Waals surface area contributed by atoms with Gasteiger partial charge >= 0.3 is 0 Å². The van der Waals surface area contributed by atoms with Gasteiger partial charge in [-0.05, 0) is 74.4 Å². The molecule has 0 unspecified atom stereocenters. The minimum absolute atomic E-state index is 0.123. The third kappa shape index (κ3) is 5.46. The van der Waals surface area contributed by atoms with Gasteiger partial charge in [-0.15, -0.1) is 0 Å². The third-order valence-corrected chi connectivity index (χ3v) is 4.37. The van der Waals surface area contributed by atoms with Crippen LogP contribution in [0.3, 0.4) is 0 Å². The molecular formula is C20H25N3O2S. The van der Waals surface area contributed by atoms with E-state index in [2.05, 4.69) is 16.7 Å². The molecule has 1 amide bonds. The topological polar surface area (TPSA) is 53.6 Å². The Hall–Kier alpha value is -2.60. The third-order valence-electron chi connectivity index (χ3n) is 4.01. The molecule has 2 N–H and O–H groups in total. The van der Waals surface area contributed by atoms with Crippen molar-refractivity contribution in [1.82, 2.24) is 4.90 Å². The van der Waals surface area contributed by atoms with E-state index < -0.39 is 0 Å². The number of likely N-dealkylation sites (N-methyl/N-ethyl adjacent to an activating group) is 1. The minimum atomic E-state index is -0.123. The van der Waals surface area contributed by atoms with Gasteiger partial charge in [0.25, 0.3) is 0 Å². The zero-order valence-corrected chi connectivity index (χ0v) is 16.4. The highest BCUT2D eigenvalue weighted by atomic mass is 32.1. The Bertz CT molecular complexity index is 775. The molecule has 0 radical (unpaired) electrons. The molecule has 0 atom stereocenters. The van der Waals surface area contributed by atoms with E-state index in [0.29, 0.717) is 11.7 Å². The lowest BCUT2D eigenvalue weighted by Gasteiger charge is -2.24. The molecule has 5 nitrogen and oxygen atoms in total. The predicted octanol–water partition coefficient (Wildman–Crippen LogP) is 3.97. The molecule has 2 aromatic carbocycles. The lowest BCUT2D eigenvalue weighted by molar-refractivity contribution is -0.116. The summed E-state index contributed by atoms with van der Waals surface area (Å²) in [6, 6.07) is 13.4. The molecule has 0 aliphatic carbocycles. The quantitative estimate of drug-likeness (QED) is 0.753. The number of carbonyl (C=O) groups excluding carboxylic acids is 1. The van der Waals surface area contributed by atoms with Gasteiger partial charge in [0.1, 0.15) is 5.75 Å². The summed E-state index contributed by atoms with van der Waals surface area (Å²) < 4.78 is 5.12. The van der Waals surface area contributed by atoms with Crippen molar-refractivity contribution in [3.63, 3.8) is 0 Å². The number of thiocarbonyl (C=S) groups is 1. The Kier molecular flexibility index (Phi) is 6.97. The van der Waals surface area contributed by atoms with Crippen molar-refractivity contribution >= 4 is 34.6 Å². The molecule has 0 saturated heterocycles. The van der Waals surface area contributed by atoms with Crippen molar-refractivity contribution in [1.29, 1.82) is 0 Å². The molecule has 0 aliphatic rings. The van der Waals surface area contributed by atoms with Gasteiger partial charge in [0, 0.05) is 17.9 Å². The number of methoxy groups -OCH3 is 1. The fraction of sp³-hybridized carbons (Fsp3) is 0.300. The van der Waals surface area contributed by atoms with Crippen molar-refractivity contribution in [3.05, 3.63) is 53.6 Å². The first-order valence-corrected chi connectivity index (χ1v) is 8.90. The average Bonchev–Trinajstić information content (AvgIpc) is 2.63. The van der Waals surface area contributed by atoms with Gasteiger partial charge in [-0.3, -0.25) is 4.79 Å². The summed E-state index contributed by atoms with van der Waals surface area (Å²) in [5.41, 5.74) is 3.95. The van der Waals surface area contributed by atoms with Crippen LogP contribution in [0.25, 0.3) is 0 Å². The van der Waals surface area contributed by atoms with Crippen LogP contribution in [-0.2, 0) is 4.79 Å². The number of hydrogen-bond acceptors (Lipinski definition) is 3. The van der Waals surface area contributed by atoms with E-state index in [4.69, 9.17) is 17.0 Å². The zero-order valence-electron chi connectivity index (χ0n) is 15.6. The molecule has 0 heterocycles. The standard InChI is InChI=1S/C20H25N3O2S/c1-5-23(20(26)22-18-12-14(2)6-7-15(18)3)13-19(24)21-16-8-10-17(25-4)11-9-16/h6-12H,5,13H2,1-4H3,(H,21,24)(H,22,26). The second-order valence-electron chi connectivity index (χ2n) is 6.04. The summed E-state index contributed by atoms with van der Waals surface area (Å²) in [5, 5.41) is 6.65. The van der Waals surface area contributed by atoms with Crippen molar-refractivity contribution in [3.8, 4) is 5.75 Å². The fourth-order valence-corrected chi connectivity index (χ4v) is 2.74. The molecule has 26 heavy (non-hydrogen) atoms. The van der Waals surface area contributed by atoms with Gasteiger partial charge in [0.2, 0.25) is 5.91 Å². The number of nitrogens with zero attached hydrogens (tertiary/aromatic N) is 1. The SMILES string of the molecule is CCN(CC(=O)Nc1ccc(OC)cc1)C(=S)Nc1cc(C)ccc1C. The van der Waals surface area contributed by atoms with Crippen LogP contribution < -0.4 is 15.4 Å². The van der Waals surface area contributed by atoms with E-state index in [1.54, 1.807) is 31.4 Å². The first-order chi connectivity index (χ1) is 12.4. The zero-order chi connectivity index (χ0) is 19.1. The molecule has 2 aromatic rings. The number of aryl methyl sites for hydroxylation is 2. The van der Waals surface area contributed by atoms with Crippen LogP contribution >= 0.6 is 12.2 Å². The number of carbonyl (C=O) groups is 1. The van der Waals surface area contributed by atoms with Crippen LogP contribution in [0.5, 0.6) is 5.75 Å². The molecule has 0 aromatic heterocycles. The van der Waals surface area contributed by atoms with Crippen molar-refractivity contribution in [2.45, 2.75) is 20.8 Å². The molecule has 0 fully saturated rings. The van der Waals surface area contributed by atoms with Gasteiger partial charge in [0.15, 0.2) is 5.11 Å². The Morgan fingerprint density at radius 1 is 1.12 bits per heavy atom. The van der Waals surface area contributed by atoms with E-state index in [-0.39, 0.29) is 12.5 Å². The van der Waals surface area contributed by atoms with Gasteiger partial charge < -0.3 is 20.3 Å². The molecule has 138 valence electrons. The molecule has 0 saturated carbocycles. The van der Waals surface area contributed by atoms with Gasteiger partial charge in [-0.1, -0.05) is 12.1 Å². The summed E-state index contributed by atoms with van der Waals surface area (Å²) in [7, 11) is 1.61. The largest absolute Gasteiger partial charge is 0.497 e. The number of nitrogens with one attached hydrogen (secondary N) is 2. The maximum absolute atomic E-state index is 12.3. The number of amides is 1. The minimum Gasteiger partial charge on any atom is -0.497 e. The van der Waals surface area contributed by atoms with Gasteiger partial charge in [0.05, 0.1) is 13.7 Å². The lowest BCUT2D eigenvalue weighted by Crippen LogP contribution is -2.40. The number of anilines is 2. The molecule has 0 aliphatic heterocycles. The van der Waals surface area contributed by atoms with Crippen LogP contribution in [0.4, 0.5) is 11.4 Å². The van der Waals surface area contributed by atoms with Crippen molar-refractivity contribution in [2.24, 2.45) is 0 Å². The number of ether oxygens (including phenoxy) is 1. The highest BCUT2D eigenvalue weighted by Crippen LogP contribution is 2.17. The maximum Gasteiger partial charge on any atom is 0.243 e. The van der Waals surface area contributed by atoms with Crippen LogP contribution in [0.15, 0.2) is 42.5 Å². The maximum atomic E-state index is 12.3. The smallest absolute Gasteiger partial charge is 0.243 e. The number of benzene rings is 2. The van der Waals surface area contributed by atoms with E-state index in [9.17, 15) is 4.79 Å². The second kappa shape index (κ2) is 9.20. The van der Waals surface area contributed by atoms with E-state index >= 15 is 0 Å². The van der Waals surface area contributed by atoms with Crippen molar-refractivity contribution in [2.75, 3.05) is 30.8 Å².